The summed E-state index contributed by atoms with van der Waals surface area (Å²) in [6, 6.07) is -1.43. The van der Waals surface area contributed by atoms with Gasteiger partial charge in [-0.3, -0.25) is 9.59 Å². The van der Waals surface area contributed by atoms with Gasteiger partial charge in [0, 0.05) is 0 Å². The van der Waals surface area contributed by atoms with Gasteiger partial charge in [0.25, 0.3) is 0 Å². The molecule has 0 unspecified atom stereocenters. The lowest BCUT2D eigenvalue weighted by Crippen LogP contribution is -2.66. The second kappa shape index (κ2) is 4.01. The first-order valence-electron chi connectivity index (χ1n) is 7.00. The molecule has 122 valence electrons. The van der Waals surface area contributed by atoms with Gasteiger partial charge in [-0.1, -0.05) is 0 Å². The molecule has 8 nitrogen and oxygen atoms in total. The summed E-state index contributed by atoms with van der Waals surface area (Å²) >= 11 is 0. The molecule has 2 saturated heterocycles. The first-order chi connectivity index (χ1) is 10.0. The number of amides is 1. The Labute approximate surface area is 127 Å². The lowest BCUT2D eigenvalue weighted by molar-refractivity contribution is -0.169. The summed E-state index contributed by atoms with van der Waals surface area (Å²) in [5, 5.41) is 8.08. The molecule has 3 aliphatic rings. The minimum atomic E-state index is -3.90. The maximum atomic E-state index is 12.7. The second-order valence-corrected chi connectivity index (χ2v) is 9.09. The Morgan fingerprint density at radius 1 is 1.41 bits per heavy atom. The Balaban J connectivity index is 2.02. The number of sulfone groups is 1. The highest BCUT2D eigenvalue weighted by Crippen LogP contribution is 2.69. The number of carbonyl (C=O) groups excluding carboxylic acids is 2. The summed E-state index contributed by atoms with van der Waals surface area (Å²) in [7, 11) is -3.90. The first kappa shape index (κ1) is 15.3. The molecule has 0 aromatic carbocycles. The number of nitrogens with zero attached hydrogens (tertiary/aromatic N) is 1. The van der Waals surface area contributed by atoms with E-state index in [-0.39, 0.29) is 13.0 Å². The summed E-state index contributed by atoms with van der Waals surface area (Å²) in [6.07, 6.45) is 0.105. The molecule has 2 heterocycles. The number of ether oxygens (including phenoxy) is 1. The van der Waals surface area contributed by atoms with Crippen molar-refractivity contribution in [2.45, 2.75) is 43.4 Å². The van der Waals surface area contributed by atoms with Crippen LogP contribution in [0, 0.1) is 11.3 Å². The van der Waals surface area contributed by atoms with Crippen molar-refractivity contribution < 1.29 is 32.6 Å². The fourth-order valence-corrected chi connectivity index (χ4v) is 6.37. The van der Waals surface area contributed by atoms with Crippen LogP contribution in [0.25, 0.3) is 0 Å². The van der Waals surface area contributed by atoms with E-state index in [1.54, 1.807) is 6.92 Å². The molecular formula is C13H17NO7S. The van der Waals surface area contributed by atoms with E-state index in [2.05, 4.69) is 0 Å². The van der Waals surface area contributed by atoms with Crippen LogP contribution < -0.4 is 0 Å². The zero-order valence-corrected chi connectivity index (χ0v) is 13.2. The molecule has 2 aliphatic heterocycles. The Bertz CT molecular complexity index is 697. The number of esters is 1. The van der Waals surface area contributed by atoms with Crippen LogP contribution in [-0.2, 0) is 29.0 Å². The van der Waals surface area contributed by atoms with E-state index in [4.69, 9.17) is 4.74 Å². The average Bonchev–Trinajstić information content (AvgIpc) is 3.11. The van der Waals surface area contributed by atoms with Gasteiger partial charge in [-0.2, -0.15) is 0 Å². The number of rotatable bonds is 3. The van der Waals surface area contributed by atoms with Gasteiger partial charge in [0.15, 0.2) is 15.2 Å². The number of β-lactam (4-membered cyclic amide) rings is 1. The van der Waals surface area contributed by atoms with Crippen LogP contribution in [0.3, 0.4) is 0 Å². The summed E-state index contributed by atoms with van der Waals surface area (Å²) in [5.41, 5.74) is -1.31. The Kier molecular flexibility index (Phi) is 2.78. The van der Waals surface area contributed by atoms with Gasteiger partial charge >= 0.3 is 11.9 Å². The SMILES string of the molecule is CCOC(=O)[C@@H]1C[C@]12C(=O)N1[C@@H](C(=O)O)C(C)(C)S(=O)(=O)[C@@H]12. The molecule has 3 fully saturated rings. The highest BCUT2D eigenvalue weighted by Gasteiger charge is 2.87. The molecule has 1 amide bonds. The van der Waals surface area contributed by atoms with Crippen molar-refractivity contribution >= 4 is 27.7 Å². The lowest BCUT2D eigenvalue weighted by atomic mass is 9.87. The van der Waals surface area contributed by atoms with Crippen LogP contribution in [0.1, 0.15) is 27.2 Å². The van der Waals surface area contributed by atoms with Crippen LogP contribution in [0.4, 0.5) is 0 Å². The third-order valence-corrected chi connectivity index (χ3v) is 8.02. The molecule has 0 aromatic rings. The second-order valence-electron chi connectivity index (χ2n) is 6.50. The molecule has 22 heavy (non-hydrogen) atoms. The molecule has 1 N–H and O–H groups in total. The van der Waals surface area contributed by atoms with Crippen molar-refractivity contribution in [3.8, 4) is 0 Å². The predicted octanol–water partition coefficient (Wildman–Crippen LogP) is -0.616. The number of carboxylic acids is 1. The van der Waals surface area contributed by atoms with E-state index in [0.717, 1.165) is 4.90 Å². The van der Waals surface area contributed by atoms with Gasteiger partial charge in [-0.05, 0) is 27.2 Å². The van der Waals surface area contributed by atoms with E-state index < -0.39 is 55.2 Å². The topological polar surface area (TPSA) is 118 Å². The van der Waals surface area contributed by atoms with Crippen molar-refractivity contribution in [1.29, 1.82) is 0 Å². The van der Waals surface area contributed by atoms with Crippen molar-refractivity contribution in [1.82, 2.24) is 4.90 Å². The molecule has 3 rings (SSSR count). The van der Waals surface area contributed by atoms with Gasteiger partial charge < -0.3 is 14.7 Å². The van der Waals surface area contributed by atoms with Crippen LogP contribution in [0.5, 0.6) is 0 Å². The molecule has 0 bridgehead atoms. The average molecular weight is 331 g/mol. The third-order valence-electron chi connectivity index (χ3n) is 5.10. The first-order valence-corrected chi connectivity index (χ1v) is 8.55. The van der Waals surface area contributed by atoms with E-state index in [1.165, 1.54) is 13.8 Å². The van der Waals surface area contributed by atoms with Gasteiger partial charge in [0.05, 0.1) is 22.7 Å². The molecule has 0 aromatic heterocycles. The van der Waals surface area contributed by atoms with Crippen molar-refractivity contribution in [3.05, 3.63) is 0 Å². The quantitative estimate of drug-likeness (QED) is 0.541. The zero-order valence-electron chi connectivity index (χ0n) is 12.4. The monoisotopic (exact) mass is 331 g/mol. The number of aliphatic carboxylic acids is 1. The third kappa shape index (κ3) is 1.38. The van der Waals surface area contributed by atoms with Gasteiger partial charge in [-0.25, -0.2) is 13.2 Å². The molecular weight excluding hydrogens is 314 g/mol. The number of hydrogen-bond donors (Lipinski definition) is 1. The van der Waals surface area contributed by atoms with Gasteiger partial charge in [-0.15, -0.1) is 0 Å². The number of hydrogen-bond acceptors (Lipinski definition) is 6. The number of carbonyl (C=O) groups is 3. The summed E-state index contributed by atoms with van der Waals surface area (Å²) in [6.45, 7) is 4.38. The highest BCUT2D eigenvalue weighted by molar-refractivity contribution is 7.94. The predicted molar refractivity (Wildman–Crippen MR) is 72.2 cm³/mol. The number of fused-ring (bicyclic) bond motifs is 2. The summed E-state index contributed by atoms with van der Waals surface area (Å²) < 4.78 is 28.7. The van der Waals surface area contributed by atoms with Crippen molar-refractivity contribution in [2.24, 2.45) is 11.3 Å². The summed E-state index contributed by atoms with van der Waals surface area (Å²) in [4.78, 5) is 36.6. The highest BCUT2D eigenvalue weighted by atomic mass is 32.2. The fraction of sp³-hybridized carbons (Fsp3) is 0.769. The molecule has 4 atom stereocenters. The molecule has 1 aliphatic carbocycles. The van der Waals surface area contributed by atoms with Gasteiger partial charge in [0.2, 0.25) is 5.91 Å². The van der Waals surface area contributed by atoms with Crippen molar-refractivity contribution in [3.63, 3.8) is 0 Å². The smallest absolute Gasteiger partial charge is 0.328 e. The Morgan fingerprint density at radius 2 is 2.00 bits per heavy atom. The van der Waals surface area contributed by atoms with E-state index in [1.807, 2.05) is 0 Å². The van der Waals surface area contributed by atoms with Crippen LogP contribution >= 0.6 is 0 Å². The fourth-order valence-electron chi connectivity index (χ4n) is 3.83. The van der Waals surface area contributed by atoms with Gasteiger partial charge in [0.1, 0.15) is 6.04 Å². The molecule has 0 radical (unpaired) electrons. The van der Waals surface area contributed by atoms with E-state index in [0.29, 0.717) is 0 Å². The maximum Gasteiger partial charge on any atom is 0.328 e. The Hall–Kier alpha value is -1.64. The number of carboxylic acid groups (broad SMARTS) is 1. The largest absolute Gasteiger partial charge is 0.480 e. The van der Waals surface area contributed by atoms with E-state index in [9.17, 15) is 27.9 Å². The van der Waals surface area contributed by atoms with Crippen LogP contribution in [-0.4, -0.2) is 59.0 Å². The van der Waals surface area contributed by atoms with Crippen LogP contribution in [0.15, 0.2) is 0 Å². The maximum absolute atomic E-state index is 12.7. The van der Waals surface area contributed by atoms with Crippen LogP contribution in [0.2, 0.25) is 0 Å². The summed E-state index contributed by atoms with van der Waals surface area (Å²) in [5.74, 6) is -3.31. The minimum absolute atomic E-state index is 0.105. The lowest BCUT2D eigenvalue weighted by Gasteiger charge is -2.43. The standard InChI is InChI=1S/C13H17NO7S/c1-4-21-9(17)6-5-13(6)10(18)14-7(8(15)16)12(2,3)22(19,20)11(13)14/h6-7,11H,4-5H2,1-3H3,(H,15,16)/t6-,7-,11+,13+/m0/s1. The van der Waals surface area contributed by atoms with Crippen molar-refractivity contribution in [2.75, 3.05) is 6.61 Å². The molecule has 1 saturated carbocycles. The molecule has 1 spiro atoms. The Morgan fingerprint density at radius 3 is 2.50 bits per heavy atom. The zero-order chi connectivity index (χ0) is 16.7. The normalized spacial score (nSPS) is 40.0. The molecule has 9 heteroatoms. The van der Waals surface area contributed by atoms with E-state index >= 15 is 0 Å². The minimum Gasteiger partial charge on any atom is -0.480 e.